The number of morpholine rings is 1. The number of ether oxygens (including phenoxy) is 1. The molecule has 3 heteroatoms. The molecule has 0 bridgehead atoms. The summed E-state index contributed by atoms with van der Waals surface area (Å²) in [6.07, 6.45) is 0.307. The Kier molecular flexibility index (Phi) is 4.71. The molecule has 1 fully saturated rings. The second-order valence-corrected chi connectivity index (χ2v) is 7.00. The first-order valence-corrected chi connectivity index (χ1v) is 7.48. The molecule has 1 atom stereocenters. The maximum absolute atomic E-state index is 5.84. The Morgan fingerprint density at radius 1 is 1.20 bits per heavy atom. The molecule has 0 N–H and O–H groups in total. The van der Waals surface area contributed by atoms with Crippen molar-refractivity contribution in [2.75, 3.05) is 45.2 Å². The topological polar surface area (TPSA) is 15.7 Å². The second-order valence-electron chi connectivity index (χ2n) is 7.00. The summed E-state index contributed by atoms with van der Waals surface area (Å²) >= 11 is 0. The fourth-order valence-electron chi connectivity index (χ4n) is 2.64. The lowest BCUT2D eigenvalue weighted by Crippen LogP contribution is -2.46. The highest BCUT2D eigenvalue weighted by Gasteiger charge is 2.21. The van der Waals surface area contributed by atoms with E-state index in [1.807, 2.05) is 0 Å². The van der Waals surface area contributed by atoms with Crippen LogP contribution in [0.3, 0.4) is 0 Å². The van der Waals surface area contributed by atoms with Gasteiger partial charge < -0.3 is 14.5 Å². The van der Waals surface area contributed by atoms with E-state index < -0.39 is 0 Å². The molecule has 0 aliphatic carbocycles. The third-order valence-corrected chi connectivity index (χ3v) is 3.81. The molecular formula is C17H28N2O. The first-order chi connectivity index (χ1) is 9.36. The summed E-state index contributed by atoms with van der Waals surface area (Å²) in [6, 6.07) is 9.01. The number of nitrogens with zero attached hydrogens (tertiary/aromatic N) is 2. The number of hydrogen-bond donors (Lipinski definition) is 0. The van der Waals surface area contributed by atoms with E-state index in [0.717, 1.165) is 26.2 Å². The average molecular weight is 276 g/mol. The Labute approximate surface area is 123 Å². The van der Waals surface area contributed by atoms with Crippen molar-refractivity contribution in [3.63, 3.8) is 0 Å². The van der Waals surface area contributed by atoms with E-state index in [-0.39, 0.29) is 5.41 Å². The van der Waals surface area contributed by atoms with Crippen LogP contribution in [0.1, 0.15) is 26.3 Å². The molecule has 1 unspecified atom stereocenters. The summed E-state index contributed by atoms with van der Waals surface area (Å²) in [7, 11) is 4.20. The fourth-order valence-corrected chi connectivity index (χ4v) is 2.64. The van der Waals surface area contributed by atoms with Crippen LogP contribution >= 0.6 is 0 Å². The standard InChI is InChI=1S/C17H28N2O/c1-17(2,3)14-6-8-15(9-7-14)19-10-11-20-16(13-19)12-18(4)5/h6-9,16H,10-13H2,1-5H3. The van der Waals surface area contributed by atoms with Crippen molar-refractivity contribution in [3.8, 4) is 0 Å². The van der Waals surface area contributed by atoms with Crippen molar-refractivity contribution in [1.29, 1.82) is 0 Å². The van der Waals surface area contributed by atoms with Crippen LogP contribution in [0.25, 0.3) is 0 Å². The van der Waals surface area contributed by atoms with Gasteiger partial charge >= 0.3 is 0 Å². The van der Waals surface area contributed by atoms with Crippen molar-refractivity contribution in [2.45, 2.75) is 32.3 Å². The van der Waals surface area contributed by atoms with Gasteiger partial charge in [-0.15, -0.1) is 0 Å². The SMILES string of the molecule is CN(C)CC1CN(c2ccc(C(C)(C)C)cc2)CCO1. The van der Waals surface area contributed by atoms with Crippen LogP contribution in [-0.4, -0.2) is 51.3 Å². The predicted molar refractivity (Wildman–Crippen MR) is 85.6 cm³/mol. The maximum atomic E-state index is 5.84. The van der Waals surface area contributed by atoms with Crippen molar-refractivity contribution in [3.05, 3.63) is 29.8 Å². The van der Waals surface area contributed by atoms with Crippen LogP contribution in [0.15, 0.2) is 24.3 Å². The van der Waals surface area contributed by atoms with Crippen LogP contribution < -0.4 is 4.90 Å². The van der Waals surface area contributed by atoms with Crippen molar-refractivity contribution in [1.82, 2.24) is 4.90 Å². The Hall–Kier alpha value is -1.06. The van der Waals surface area contributed by atoms with E-state index in [4.69, 9.17) is 4.74 Å². The van der Waals surface area contributed by atoms with E-state index in [2.05, 4.69) is 68.9 Å². The maximum Gasteiger partial charge on any atom is 0.0877 e. The zero-order valence-corrected chi connectivity index (χ0v) is 13.5. The molecular weight excluding hydrogens is 248 g/mol. The molecule has 0 saturated carbocycles. The van der Waals surface area contributed by atoms with Crippen LogP contribution in [0.2, 0.25) is 0 Å². The molecule has 2 rings (SSSR count). The van der Waals surface area contributed by atoms with Gasteiger partial charge in [-0.3, -0.25) is 0 Å². The molecule has 0 aromatic heterocycles. The molecule has 1 aromatic rings. The molecule has 3 nitrogen and oxygen atoms in total. The monoisotopic (exact) mass is 276 g/mol. The van der Waals surface area contributed by atoms with E-state index in [0.29, 0.717) is 6.10 Å². The third-order valence-electron chi connectivity index (χ3n) is 3.81. The van der Waals surface area contributed by atoms with Crippen molar-refractivity contribution < 1.29 is 4.74 Å². The summed E-state index contributed by atoms with van der Waals surface area (Å²) in [5.41, 5.74) is 2.92. The lowest BCUT2D eigenvalue weighted by molar-refractivity contribution is 0.0248. The lowest BCUT2D eigenvalue weighted by Gasteiger charge is -2.36. The van der Waals surface area contributed by atoms with Crippen molar-refractivity contribution in [2.24, 2.45) is 0 Å². The van der Waals surface area contributed by atoms with Gasteiger partial charge in [0.05, 0.1) is 12.7 Å². The number of benzene rings is 1. The number of hydrogen-bond acceptors (Lipinski definition) is 3. The number of anilines is 1. The lowest BCUT2D eigenvalue weighted by atomic mass is 9.87. The molecule has 0 amide bonds. The van der Waals surface area contributed by atoms with Gasteiger partial charge in [0, 0.05) is 25.3 Å². The molecule has 1 heterocycles. The van der Waals surface area contributed by atoms with Crippen LogP contribution in [0.5, 0.6) is 0 Å². The number of likely N-dealkylation sites (N-methyl/N-ethyl adjacent to an activating group) is 1. The Morgan fingerprint density at radius 3 is 2.40 bits per heavy atom. The van der Waals surface area contributed by atoms with Gasteiger partial charge in [-0.25, -0.2) is 0 Å². The minimum atomic E-state index is 0.219. The number of rotatable bonds is 3. The second kappa shape index (κ2) is 6.15. The smallest absolute Gasteiger partial charge is 0.0877 e. The van der Waals surface area contributed by atoms with E-state index in [9.17, 15) is 0 Å². The normalized spacial score (nSPS) is 20.5. The van der Waals surface area contributed by atoms with Gasteiger partial charge in [-0.05, 0) is 37.2 Å². The highest BCUT2D eigenvalue weighted by atomic mass is 16.5. The Bertz CT molecular complexity index is 420. The first kappa shape index (κ1) is 15.3. The van der Waals surface area contributed by atoms with Crippen molar-refractivity contribution >= 4 is 5.69 Å². The van der Waals surface area contributed by atoms with Gasteiger partial charge in [0.15, 0.2) is 0 Å². The Balaban J connectivity index is 2.04. The highest BCUT2D eigenvalue weighted by Crippen LogP contribution is 2.25. The van der Waals surface area contributed by atoms with E-state index in [1.54, 1.807) is 0 Å². The zero-order valence-electron chi connectivity index (χ0n) is 13.5. The van der Waals surface area contributed by atoms with Gasteiger partial charge in [-0.2, -0.15) is 0 Å². The largest absolute Gasteiger partial charge is 0.373 e. The van der Waals surface area contributed by atoms with Gasteiger partial charge in [0.25, 0.3) is 0 Å². The summed E-state index contributed by atoms with van der Waals surface area (Å²) in [5, 5.41) is 0. The first-order valence-electron chi connectivity index (χ1n) is 7.48. The molecule has 1 aromatic carbocycles. The zero-order chi connectivity index (χ0) is 14.8. The van der Waals surface area contributed by atoms with Gasteiger partial charge in [-0.1, -0.05) is 32.9 Å². The summed E-state index contributed by atoms with van der Waals surface area (Å²) in [5.74, 6) is 0. The molecule has 0 spiro atoms. The fraction of sp³-hybridized carbons (Fsp3) is 0.647. The third kappa shape index (κ3) is 3.97. The summed E-state index contributed by atoms with van der Waals surface area (Å²) in [4.78, 5) is 4.63. The van der Waals surface area contributed by atoms with E-state index >= 15 is 0 Å². The highest BCUT2D eigenvalue weighted by molar-refractivity contribution is 5.49. The summed E-state index contributed by atoms with van der Waals surface area (Å²) < 4.78 is 5.84. The Morgan fingerprint density at radius 2 is 1.85 bits per heavy atom. The van der Waals surface area contributed by atoms with E-state index in [1.165, 1.54) is 11.3 Å². The molecule has 20 heavy (non-hydrogen) atoms. The molecule has 0 radical (unpaired) electrons. The minimum absolute atomic E-state index is 0.219. The summed E-state index contributed by atoms with van der Waals surface area (Å²) in [6.45, 7) is 10.5. The molecule has 1 aliphatic rings. The quantitative estimate of drug-likeness (QED) is 0.844. The molecule has 1 saturated heterocycles. The minimum Gasteiger partial charge on any atom is -0.373 e. The molecule has 112 valence electrons. The van der Waals surface area contributed by atoms with Gasteiger partial charge in [0.2, 0.25) is 0 Å². The predicted octanol–water partition coefficient (Wildman–Crippen LogP) is 2.75. The van der Waals surface area contributed by atoms with Crippen LogP contribution in [-0.2, 0) is 10.2 Å². The van der Waals surface area contributed by atoms with Crippen LogP contribution in [0.4, 0.5) is 5.69 Å². The molecule has 1 aliphatic heterocycles. The average Bonchev–Trinajstić information content (AvgIpc) is 2.37. The van der Waals surface area contributed by atoms with Gasteiger partial charge in [0.1, 0.15) is 0 Å². The van der Waals surface area contributed by atoms with Crippen LogP contribution in [0, 0.1) is 0 Å².